The van der Waals surface area contributed by atoms with E-state index in [0.29, 0.717) is 13.2 Å². The highest BCUT2D eigenvalue weighted by atomic mass is 127. The molecule has 6 aromatic carbocycles. The first-order valence-corrected chi connectivity index (χ1v) is 18.9. The number of hydrogen-bond acceptors (Lipinski definition) is 2. The van der Waals surface area contributed by atoms with Crippen LogP contribution in [0.5, 0.6) is 5.75 Å². The topological polar surface area (TPSA) is 18.5 Å². The Balaban J connectivity index is 0.000000345. The Bertz CT molecular complexity index is 2360. The van der Waals surface area contributed by atoms with Crippen LogP contribution < -0.4 is 47.8 Å². The molecule has 0 fully saturated rings. The van der Waals surface area contributed by atoms with Crippen LogP contribution in [0.2, 0.25) is 0 Å². The van der Waals surface area contributed by atoms with Crippen LogP contribution in [0.4, 0.5) is 87.8 Å². The monoisotopic (exact) mass is 1030 g/mol. The van der Waals surface area contributed by atoms with Crippen molar-refractivity contribution in [2.45, 2.75) is 0 Å². The first kappa shape index (κ1) is 48.5. The summed E-state index contributed by atoms with van der Waals surface area (Å²) in [5.74, 6) is -70.4. The average molecular weight is 1030 g/mol. The Labute approximate surface area is 349 Å². The van der Waals surface area contributed by atoms with Crippen molar-refractivity contribution < 1.29 is 118 Å². The van der Waals surface area contributed by atoms with Crippen LogP contribution in [-0.2, 0) is 4.74 Å². The molecule has 0 spiro atoms. The third kappa shape index (κ3) is 8.26. The van der Waals surface area contributed by atoms with Gasteiger partial charge in [-0.2, -0.15) is 0 Å². The lowest BCUT2D eigenvalue weighted by molar-refractivity contribution is -0.598. The molecular formula is C39H16BF20IO2. The van der Waals surface area contributed by atoms with Crippen LogP contribution in [0.15, 0.2) is 54.6 Å². The molecule has 0 bridgehead atoms. The summed E-state index contributed by atoms with van der Waals surface area (Å²) >= 11 is -0.181. The first-order valence-electron chi connectivity index (χ1n) is 16.7. The molecule has 0 aliphatic carbocycles. The van der Waals surface area contributed by atoms with Gasteiger partial charge in [0.2, 0.25) is 3.57 Å². The van der Waals surface area contributed by atoms with Crippen molar-refractivity contribution >= 4 is 28.0 Å². The van der Waals surface area contributed by atoms with E-state index < -0.39 is 144 Å². The Morgan fingerprint density at radius 3 is 0.921 bits per heavy atom. The molecule has 0 N–H and O–H groups in total. The SMILES string of the molecule is COCCOc1ccccc1[I+]c1ccccc1.Fc1c(F)c(F)c([B-](c2c(F)c(F)c(F)c(F)c2F)(c2c(F)c(F)c(F)c(F)c2F)c2c(F)c(F)c(F)c(F)c2F)c(F)c1F. The lowest BCUT2D eigenvalue weighted by Crippen LogP contribution is -3.61. The second-order valence-corrected chi connectivity index (χ2v) is 15.4. The molecule has 0 aliphatic rings. The molecule has 2 nitrogen and oxygen atoms in total. The van der Waals surface area contributed by atoms with E-state index in [1.54, 1.807) is 7.11 Å². The zero-order valence-corrected chi connectivity index (χ0v) is 32.6. The molecule has 0 saturated carbocycles. The van der Waals surface area contributed by atoms with Gasteiger partial charge in [-0.15, -0.1) is 21.9 Å². The molecule has 6 rings (SSSR count). The number of hydrogen-bond donors (Lipinski definition) is 0. The van der Waals surface area contributed by atoms with Crippen molar-refractivity contribution in [2.24, 2.45) is 0 Å². The summed E-state index contributed by atoms with van der Waals surface area (Å²) in [5, 5.41) is 0. The summed E-state index contributed by atoms with van der Waals surface area (Å²) in [7, 11) is 1.69. The highest BCUT2D eigenvalue weighted by Gasteiger charge is 2.52. The Morgan fingerprint density at radius 2 is 0.619 bits per heavy atom. The molecule has 0 unspecified atom stereocenters. The molecular weight excluding hydrogens is 1020 g/mol. The van der Waals surface area contributed by atoms with Gasteiger partial charge in [-0.1, -0.05) is 30.3 Å². The van der Waals surface area contributed by atoms with Crippen LogP contribution in [0.3, 0.4) is 0 Å². The second-order valence-electron chi connectivity index (χ2n) is 12.5. The van der Waals surface area contributed by atoms with Crippen LogP contribution in [-0.4, -0.2) is 26.5 Å². The predicted molar refractivity (Wildman–Crippen MR) is 177 cm³/mol. The van der Waals surface area contributed by atoms with E-state index >= 15 is 35.1 Å². The normalized spacial score (nSPS) is 11.5. The smallest absolute Gasteiger partial charge is 0.362 e. The standard InChI is InChI=1S/C24BF20.C15H16IO2/c26-5-1(6(27)14(35)21(42)13(5)34)25(2-7(28)15(36)22(43)16(37)8(2)29,3-9(30)17(38)23(44)18(39)10(3)31)4-11(32)19(40)24(45)20(41)12(4)33;1-17-11-12-18-15-10-6-5-9-14(15)16-13-7-3-2-4-8-13/h;2-10H,11-12H2,1H3/q-1;+1. The number of ether oxygens (including phenoxy) is 2. The number of halogens is 21. The summed E-state index contributed by atoms with van der Waals surface area (Å²) in [4.78, 5) is 0. The van der Waals surface area contributed by atoms with Crippen LogP contribution >= 0.6 is 0 Å². The molecule has 0 aromatic heterocycles. The number of methoxy groups -OCH3 is 1. The third-order valence-corrected chi connectivity index (χ3v) is 11.8. The van der Waals surface area contributed by atoms with Crippen molar-refractivity contribution in [3.63, 3.8) is 0 Å². The minimum absolute atomic E-state index is 0.181. The zero-order valence-electron chi connectivity index (χ0n) is 30.4. The largest absolute Gasteiger partial charge is 0.486 e. The quantitative estimate of drug-likeness (QED) is 0.0440. The molecule has 0 amide bonds. The van der Waals surface area contributed by atoms with Crippen LogP contribution in [0, 0.1) is 123 Å². The Morgan fingerprint density at radius 1 is 0.349 bits per heavy atom. The van der Waals surface area contributed by atoms with Gasteiger partial charge in [0.05, 0.1) is 6.61 Å². The number of rotatable bonds is 10. The van der Waals surface area contributed by atoms with Crippen molar-refractivity contribution in [3.8, 4) is 5.75 Å². The zero-order chi connectivity index (χ0) is 47.0. The maximum absolute atomic E-state index is 15.4. The van der Waals surface area contributed by atoms with E-state index in [1.165, 1.54) is 7.14 Å². The maximum Gasteiger partial charge on any atom is 0.362 e. The maximum atomic E-state index is 15.4. The van der Waals surface area contributed by atoms with Crippen molar-refractivity contribution in [1.29, 1.82) is 0 Å². The average Bonchev–Trinajstić information content (AvgIpc) is 3.27. The van der Waals surface area contributed by atoms with E-state index in [1.807, 2.05) is 18.2 Å². The van der Waals surface area contributed by atoms with Gasteiger partial charge in [0.25, 0.3) is 0 Å². The van der Waals surface area contributed by atoms with E-state index in [-0.39, 0.29) is 21.2 Å². The fourth-order valence-corrected chi connectivity index (χ4v) is 8.78. The first-order chi connectivity index (χ1) is 29.6. The highest BCUT2D eigenvalue weighted by Crippen LogP contribution is 2.30. The van der Waals surface area contributed by atoms with Crippen LogP contribution in [0.25, 0.3) is 0 Å². The second kappa shape index (κ2) is 19.1. The summed E-state index contributed by atoms with van der Waals surface area (Å²) in [6.45, 7) is 1.23. The lowest BCUT2D eigenvalue weighted by atomic mass is 9.12. The van der Waals surface area contributed by atoms with Gasteiger partial charge in [-0.3, -0.25) is 0 Å². The molecule has 6 aromatic rings. The number of benzene rings is 6. The van der Waals surface area contributed by atoms with Gasteiger partial charge >= 0.3 is 21.2 Å². The molecule has 0 heterocycles. The highest BCUT2D eigenvalue weighted by molar-refractivity contribution is 7.20. The van der Waals surface area contributed by atoms with E-state index in [4.69, 9.17) is 9.47 Å². The molecule has 63 heavy (non-hydrogen) atoms. The fourth-order valence-electron chi connectivity index (χ4n) is 6.34. The van der Waals surface area contributed by atoms with E-state index in [0.717, 1.165) is 5.75 Å². The summed E-state index contributed by atoms with van der Waals surface area (Å²) in [5.41, 5.74) is -14.3. The van der Waals surface area contributed by atoms with Gasteiger partial charge in [0, 0.05) is 7.11 Å². The Hall–Kier alpha value is -5.53. The van der Waals surface area contributed by atoms with Crippen LogP contribution in [0.1, 0.15) is 0 Å². The summed E-state index contributed by atoms with van der Waals surface area (Å²) in [6, 6.07) is 18.9. The van der Waals surface area contributed by atoms with Gasteiger partial charge in [0.15, 0.2) is 79.1 Å². The Kier molecular flexibility index (Phi) is 14.7. The molecule has 334 valence electrons. The minimum Gasteiger partial charge on any atom is -0.486 e. The molecule has 0 saturated heterocycles. The summed E-state index contributed by atoms with van der Waals surface area (Å²) < 4.78 is 307. The molecule has 0 aliphatic heterocycles. The fraction of sp³-hybridized carbons (Fsp3) is 0.0769. The third-order valence-electron chi connectivity index (χ3n) is 9.03. The van der Waals surface area contributed by atoms with Gasteiger partial charge < -0.3 is 9.47 Å². The van der Waals surface area contributed by atoms with E-state index in [9.17, 15) is 52.7 Å². The lowest BCUT2D eigenvalue weighted by Gasteiger charge is -2.44. The van der Waals surface area contributed by atoms with E-state index in [2.05, 4.69) is 36.4 Å². The van der Waals surface area contributed by atoms with Crippen molar-refractivity contribution in [1.82, 2.24) is 0 Å². The minimum atomic E-state index is -7.22. The number of para-hydroxylation sites is 1. The van der Waals surface area contributed by atoms with Gasteiger partial charge in [0.1, 0.15) is 59.3 Å². The summed E-state index contributed by atoms with van der Waals surface area (Å²) in [6.07, 6.45) is -7.22. The van der Waals surface area contributed by atoms with Gasteiger partial charge in [-0.05, 0) is 24.3 Å². The predicted octanol–water partition coefficient (Wildman–Crippen LogP) is 5.69. The molecule has 0 atom stereocenters. The molecule has 0 radical (unpaired) electrons. The van der Waals surface area contributed by atoms with Gasteiger partial charge in [-0.25, -0.2) is 87.8 Å². The molecule has 24 heteroatoms. The van der Waals surface area contributed by atoms with Crippen molar-refractivity contribution in [3.05, 3.63) is 178 Å². The van der Waals surface area contributed by atoms with Crippen molar-refractivity contribution in [2.75, 3.05) is 20.3 Å².